The van der Waals surface area contributed by atoms with Crippen molar-refractivity contribution in [3.8, 4) is 0 Å². The third-order valence-corrected chi connectivity index (χ3v) is 1.68. The number of nitrogens with zero attached hydrogens (tertiary/aromatic N) is 1. The molecule has 0 saturated carbocycles. The van der Waals surface area contributed by atoms with E-state index in [0.29, 0.717) is 6.42 Å². The standard InChI is InChI=1S/C5H11NO2.C4H9NO.C2H6.H3P/c1-3-4(6-2)5(7)8;1-4(6)5(2)3;1-2;/h4,6H,3H2,1-2H3,(H,7,8);1-3H3;1-2H3;1H3. The molecule has 0 aliphatic heterocycles. The monoisotopic (exact) mass is 268 g/mol. The van der Waals surface area contributed by atoms with Gasteiger partial charge in [0.2, 0.25) is 5.91 Å². The summed E-state index contributed by atoms with van der Waals surface area (Å²) in [4.78, 5) is 21.7. The summed E-state index contributed by atoms with van der Waals surface area (Å²) in [6.45, 7) is 7.36. The van der Waals surface area contributed by atoms with Crippen LogP contribution in [0.2, 0.25) is 0 Å². The van der Waals surface area contributed by atoms with Crippen molar-refractivity contribution in [2.45, 2.75) is 40.2 Å². The fraction of sp³-hybridized carbons (Fsp3) is 0.818. The van der Waals surface area contributed by atoms with Gasteiger partial charge in [0.1, 0.15) is 6.04 Å². The van der Waals surface area contributed by atoms with Crippen LogP contribution < -0.4 is 5.32 Å². The number of carboxylic acid groups (broad SMARTS) is 1. The van der Waals surface area contributed by atoms with Crippen LogP contribution in [0, 0.1) is 0 Å². The summed E-state index contributed by atoms with van der Waals surface area (Å²) in [7, 11) is 5.09. The van der Waals surface area contributed by atoms with Crippen molar-refractivity contribution < 1.29 is 14.7 Å². The van der Waals surface area contributed by atoms with Gasteiger partial charge in [-0.3, -0.25) is 9.59 Å². The van der Waals surface area contributed by atoms with E-state index in [4.69, 9.17) is 5.11 Å². The number of amides is 1. The molecular formula is C11H29N2O3P. The van der Waals surface area contributed by atoms with Gasteiger partial charge in [-0.25, -0.2) is 0 Å². The first-order chi connectivity index (χ1) is 7.36. The molecule has 106 valence electrons. The fourth-order valence-electron chi connectivity index (χ4n) is 0.502. The van der Waals surface area contributed by atoms with Crippen LogP contribution in [0.5, 0.6) is 0 Å². The Morgan fingerprint density at radius 3 is 1.59 bits per heavy atom. The average Bonchev–Trinajstić information content (AvgIpc) is 2.22. The zero-order valence-electron chi connectivity index (χ0n) is 12.2. The van der Waals surface area contributed by atoms with Crippen molar-refractivity contribution in [3.05, 3.63) is 0 Å². The molecule has 2 atom stereocenters. The van der Waals surface area contributed by atoms with Gasteiger partial charge < -0.3 is 15.3 Å². The van der Waals surface area contributed by atoms with E-state index in [2.05, 4.69) is 5.32 Å². The third-order valence-electron chi connectivity index (χ3n) is 1.68. The van der Waals surface area contributed by atoms with Crippen LogP contribution in [0.4, 0.5) is 0 Å². The number of hydrogen-bond acceptors (Lipinski definition) is 3. The third kappa shape index (κ3) is 21.2. The fourth-order valence-corrected chi connectivity index (χ4v) is 0.502. The summed E-state index contributed by atoms with van der Waals surface area (Å²) in [5.41, 5.74) is 0. The first kappa shape index (κ1) is 25.2. The summed E-state index contributed by atoms with van der Waals surface area (Å²) < 4.78 is 0. The molecule has 0 rings (SSSR count). The van der Waals surface area contributed by atoms with E-state index < -0.39 is 5.97 Å². The Kier molecular flexibility index (Phi) is 26.3. The lowest BCUT2D eigenvalue weighted by molar-refractivity contribution is -0.139. The van der Waals surface area contributed by atoms with Crippen LogP contribution in [-0.4, -0.2) is 49.1 Å². The van der Waals surface area contributed by atoms with Crippen LogP contribution in [-0.2, 0) is 9.59 Å². The van der Waals surface area contributed by atoms with Gasteiger partial charge in [-0.15, -0.1) is 0 Å². The zero-order chi connectivity index (χ0) is 13.7. The van der Waals surface area contributed by atoms with Crippen LogP contribution in [0.3, 0.4) is 0 Å². The van der Waals surface area contributed by atoms with Gasteiger partial charge in [0, 0.05) is 21.0 Å². The molecule has 0 aromatic rings. The van der Waals surface area contributed by atoms with E-state index in [1.165, 1.54) is 11.8 Å². The molecule has 0 aromatic heterocycles. The normalized spacial score (nSPS) is 9.35. The van der Waals surface area contributed by atoms with E-state index >= 15 is 0 Å². The summed E-state index contributed by atoms with van der Waals surface area (Å²) in [5, 5.41) is 11.0. The second kappa shape index (κ2) is 17.7. The van der Waals surface area contributed by atoms with Gasteiger partial charge in [-0.2, -0.15) is 9.90 Å². The lowest BCUT2D eigenvalue weighted by Gasteiger charge is -2.05. The maximum absolute atomic E-state index is 10.1. The predicted octanol–water partition coefficient (Wildman–Crippen LogP) is 1.25. The summed E-state index contributed by atoms with van der Waals surface area (Å²) >= 11 is 0. The highest BCUT2D eigenvalue weighted by molar-refractivity contribution is 6.92. The molecule has 1 amide bonds. The number of hydrogen-bond donors (Lipinski definition) is 2. The van der Waals surface area contributed by atoms with Gasteiger partial charge in [0.15, 0.2) is 0 Å². The zero-order valence-corrected chi connectivity index (χ0v) is 13.6. The highest BCUT2D eigenvalue weighted by Crippen LogP contribution is 1.86. The van der Waals surface area contributed by atoms with Gasteiger partial charge in [-0.05, 0) is 13.5 Å². The summed E-state index contributed by atoms with van der Waals surface area (Å²) in [5.74, 6) is -0.690. The minimum absolute atomic E-state index is 0. The maximum atomic E-state index is 10.1. The first-order valence-corrected chi connectivity index (χ1v) is 5.44. The Labute approximate surface area is 109 Å². The molecule has 0 radical (unpaired) electrons. The molecule has 0 aliphatic rings. The molecule has 0 aromatic carbocycles. The second-order valence-electron chi connectivity index (χ2n) is 3.00. The lowest BCUT2D eigenvalue weighted by Crippen LogP contribution is -2.32. The summed E-state index contributed by atoms with van der Waals surface area (Å²) in [6.07, 6.45) is 0.631. The van der Waals surface area contributed by atoms with Crippen molar-refractivity contribution in [2.75, 3.05) is 21.1 Å². The van der Waals surface area contributed by atoms with Crippen molar-refractivity contribution >= 4 is 21.8 Å². The Balaban J connectivity index is -0.0000000844. The highest BCUT2D eigenvalue weighted by Gasteiger charge is 2.09. The van der Waals surface area contributed by atoms with Crippen molar-refractivity contribution in [2.24, 2.45) is 0 Å². The Morgan fingerprint density at radius 2 is 1.59 bits per heavy atom. The molecule has 0 spiro atoms. The molecule has 0 aliphatic carbocycles. The van der Waals surface area contributed by atoms with Gasteiger partial charge in [0.05, 0.1) is 0 Å². The number of aliphatic carboxylic acids is 1. The Bertz CT molecular complexity index is 184. The van der Waals surface area contributed by atoms with E-state index in [-0.39, 0.29) is 21.8 Å². The molecule has 0 bridgehead atoms. The summed E-state index contributed by atoms with van der Waals surface area (Å²) in [6, 6.07) is -0.380. The van der Waals surface area contributed by atoms with Crippen molar-refractivity contribution in [1.82, 2.24) is 10.2 Å². The van der Waals surface area contributed by atoms with E-state index in [9.17, 15) is 9.59 Å². The molecule has 5 nitrogen and oxygen atoms in total. The minimum atomic E-state index is -0.782. The molecule has 17 heavy (non-hydrogen) atoms. The molecule has 0 fully saturated rings. The Morgan fingerprint density at radius 1 is 1.29 bits per heavy atom. The van der Waals surface area contributed by atoms with Gasteiger partial charge >= 0.3 is 5.97 Å². The minimum Gasteiger partial charge on any atom is -0.480 e. The Hall–Kier alpha value is -0.670. The van der Waals surface area contributed by atoms with Crippen molar-refractivity contribution in [1.29, 1.82) is 0 Å². The quantitative estimate of drug-likeness (QED) is 0.756. The molecular weight excluding hydrogens is 239 g/mol. The average molecular weight is 268 g/mol. The van der Waals surface area contributed by atoms with Gasteiger partial charge in [-0.1, -0.05) is 20.8 Å². The number of rotatable bonds is 3. The van der Waals surface area contributed by atoms with E-state index in [0.717, 1.165) is 0 Å². The van der Waals surface area contributed by atoms with Crippen LogP contribution >= 0.6 is 9.90 Å². The topological polar surface area (TPSA) is 69.6 Å². The number of carboxylic acids is 1. The molecule has 0 saturated heterocycles. The highest BCUT2D eigenvalue weighted by atomic mass is 31.0. The number of nitrogens with one attached hydrogen (secondary N) is 1. The SMILES string of the molecule is CC.CC(=O)N(C)C.CCC(NC)C(=O)O.P. The van der Waals surface area contributed by atoms with Crippen LogP contribution in [0.25, 0.3) is 0 Å². The van der Waals surface area contributed by atoms with Gasteiger partial charge in [0.25, 0.3) is 0 Å². The maximum Gasteiger partial charge on any atom is 0.320 e. The largest absolute Gasteiger partial charge is 0.480 e. The van der Waals surface area contributed by atoms with E-state index in [1.54, 1.807) is 21.1 Å². The van der Waals surface area contributed by atoms with Crippen LogP contribution in [0.15, 0.2) is 0 Å². The van der Waals surface area contributed by atoms with Crippen molar-refractivity contribution in [3.63, 3.8) is 0 Å². The lowest BCUT2D eigenvalue weighted by atomic mass is 10.2. The van der Waals surface area contributed by atoms with E-state index in [1.807, 2.05) is 20.8 Å². The second-order valence-corrected chi connectivity index (χ2v) is 3.00. The molecule has 6 heteroatoms. The molecule has 0 heterocycles. The van der Waals surface area contributed by atoms with Crippen LogP contribution in [0.1, 0.15) is 34.1 Å². The number of carbonyl (C=O) groups is 2. The number of carbonyl (C=O) groups excluding carboxylic acids is 1. The molecule has 2 N–H and O–H groups in total. The number of likely N-dealkylation sites (N-methyl/N-ethyl adjacent to an activating group) is 1. The smallest absolute Gasteiger partial charge is 0.320 e. The predicted molar refractivity (Wildman–Crippen MR) is 77.6 cm³/mol. The first-order valence-electron chi connectivity index (χ1n) is 5.44. The molecule has 2 unspecified atom stereocenters.